The summed E-state index contributed by atoms with van der Waals surface area (Å²) in [6.45, 7) is 4.04. The first-order valence-electron chi connectivity index (χ1n) is 13.3. The fraction of sp³-hybridized carbons (Fsp3) is 0.552. The van der Waals surface area contributed by atoms with Crippen molar-refractivity contribution in [3.05, 3.63) is 59.9 Å². The lowest BCUT2D eigenvalue weighted by Gasteiger charge is -2.35. The molecule has 2 saturated carbocycles. The fourth-order valence-corrected chi connectivity index (χ4v) is 6.86. The van der Waals surface area contributed by atoms with E-state index in [1.54, 1.807) is 25.2 Å². The number of Topliss-reactive ketones (excluding diaryl/α,β-unsaturated/α-hetero) is 1. The Kier molecular flexibility index (Phi) is 8.19. The number of rotatable bonds is 1. The summed E-state index contributed by atoms with van der Waals surface area (Å²) in [5, 5.41) is 37.3. The van der Waals surface area contributed by atoms with Crippen molar-refractivity contribution in [1.29, 1.82) is 0 Å². The van der Waals surface area contributed by atoms with E-state index >= 15 is 0 Å². The summed E-state index contributed by atoms with van der Waals surface area (Å²) >= 11 is 0. The van der Waals surface area contributed by atoms with Crippen LogP contribution >= 0.6 is 0 Å². The summed E-state index contributed by atoms with van der Waals surface area (Å²) in [6, 6.07) is -0.713. The summed E-state index contributed by atoms with van der Waals surface area (Å²) in [7, 11) is 0. The molecule has 37 heavy (non-hydrogen) atoms. The molecular weight excluding hydrogens is 472 g/mol. The number of hydrogen-bond acceptors (Lipinski definition) is 6. The lowest BCUT2D eigenvalue weighted by Crippen LogP contribution is -2.45. The number of carbonyl (C=O) groups is 3. The van der Waals surface area contributed by atoms with Gasteiger partial charge in [0.05, 0.1) is 17.7 Å². The molecule has 0 aromatic heterocycles. The monoisotopic (exact) mass is 510 g/mol. The molecule has 8 nitrogen and oxygen atoms in total. The minimum atomic E-state index is -1.10. The van der Waals surface area contributed by atoms with Crippen LogP contribution in [0.1, 0.15) is 46.0 Å². The molecule has 2 amide bonds. The predicted octanol–water partition coefficient (Wildman–Crippen LogP) is 2.41. The number of carbonyl (C=O) groups excluding carboxylic acids is 3. The van der Waals surface area contributed by atoms with E-state index in [0.29, 0.717) is 31.7 Å². The van der Waals surface area contributed by atoms with Gasteiger partial charge in [-0.05, 0) is 74.7 Å². The van der Waals surface area contributed by atoms with Crippen LogP contribution in [0.15, 0.2) is 59.9 Å². The second-order valence-electron chi connectivity index (χ2n) is 10.9. The molecule has 3 fully saturated rings. The number of ketones is 1. The third-order valence-corrected chi connectivity index (χ3v) is 8.79. The lowest BCUT2D eigenvalue weighted by atomic mass is 9.75. The topological polar surface area (TPSA) is 136 Å². The Balaban J connectivity index is 1.58. The molecule has 4 rings (SSSR count). The number of amides is 2. The third kappa shape index (κ3) is 5.50. The Morgan fingerprint density at radius 2 is 1.86 bits per heavy atom. The maximum atomic E-state index is 12.6. The zero-order chi connectivity index (χ0) is 26.7. The van der Waals surface area contributed by atoms with Gasteiger partial charge < -0.3 is 26.0 Å². The second-order valence-corrected chi connectivity index (χ2v) is 10.9. The van der Waals surface area contributed by atoms with Crippen molar-refractivity contribution in [2.24, 2.45) is 29.6 Å². The minimum absolute atomic E-state index is 0.0645. The molecule has 0 aromatic rings. The largest absolute Gasteiger partial charge is 0.507 e. The highest BCUT2D eigenvalue weighted by atomic mass is 16.3. The maximum absolute atomic E-state index is 12.6. The molecule has 0 radical (unpaired) electrons. The normalized spacial score (nSPS) is 37.8. The zero-order valence-corrected chi connectivity index (χ0v) is 21.5. The van der Waals surface area contributed by atoms with E-state index in [9.17, 15) is 29.7 Å². The molecule has 8 atom stereocenters. The van der Waals surface area contributed by atoms with Crippen molar-refractivity contribution in [3.8, 4) is 0 Å². The number of allylic oxidation sites excluding steroid dienone is 7. The second kappa shape index (κ2) is 11.2. The molecule has 8 unspecified atom stereocenters. The van der Waals surface area contributed by atoms with E-state index in [2.05, 4.69) is 16.7 Å². The van der Waals surface area contributed by atoms with Crippen LogP contribution in [0.5, 0.6) is 0 Å². The van der Waals surface area contributed by atoms with Crippen molar-refractivity contribution in [1.82, 2.24) is 10.6 Å². The summed E-state index contributed by atoms with van der Waals surface area (Å²) in [4.78, 5) is 37.1. The highest BCUT2D eigenvalue weighted by molar-refractivity contribution is 6.27. The zero-order valence-electron chi connectivity index (χ0n) is 21.5. The summed E-state index contributed by atoms with van der Waals surface area (Å²) in [6.07, 6.45) is 16.3. The van der Waals surface area contributed by atoms with E-state index in [1.165, 1.54) is 12.2 Å². The van der Waals surface area contributed by atoms with Gasteiger partial charge in [-0.2, -0.15) is 0 Å². The molecule has 5 N–H and O–H groups in total. The van der Waals surface area contributed by atoms with Gasteiger partial charge in [-0.3, -0.25) is 14.4 Å². The average Bonchev–Trinajstić information content (AvgIpc) is 3.41. The van der Waals surface area contributed by atoms with Gasteiger partial charge in [-0.1, -0.05) is 43.4 Å². The van der Waals surface area contributed by atoms with Crippen LogP contribution < -0.4 is 10.6 Å². The summed E-state index contributed by atoms with van der Waals surface area (Å²) < 4.78 is 0. The standard InChI is InChI=1S/C29H38N2O6/c1-17-25-20(16-29(17,37)18(2)32)15-19-9-6-7-13-24(34)30-14-8-11-22-27(35)26(28(36)31-22)23(33)12-5-3-4-10-21(19)25/h3-7,9,12-13,17-22,25,32-33,37H,8,10-11,14-16H2,1-2H3,(H,30,34)(H,31,36). The van der Waals surface area contributed by atoms with Crippen LogP contribution in [0, 0.1) is 29.6 Å². The van der Waals surface area contributed by atoms with E-state index in [1.807, 2.05) is 19.1 Å². The van der Waals surface area contributed by atoms with Crippen LogP contribution in [-0.4, -0.2) is 57.2 Å². The van der Waals surface area contributed by atoms with Crippen LogP contribution in [0.2, 0.25) is 0 Å². The molecule has 2 aliphatic carbocycles. The van der Waals surface area contributed by atoms with Gasteiger partial charge in [0.15, 0.2) is 5.78 Å². The van der Waals surface area contributed by atoms with E-state index in [0.717, 1.165) is 12.8 Å². The predicted molar refractivity (Wildman–Crippen MR) is 139 cm³/mol. The van der Waals surface area contributed by atoms with Gasteiger partial charge in [0, 0.05) is 12.6 Å². The molecule has 8 heteroatoms. The van der Waals surface area contributed by atoms with Gasteiger partial charge in [0.2, 0.25) is 5.91 Å². The smallest absolute Gasteiger partial charge is 0.259 e. The number of nitrogens with one attached hydrogen (secondary N) is 2. The van der Waals surface area contributed by atoms with Crippen molar-refractivity contribution in [2.75, 3.05) is 6.54 Å². The molecule has 2 aliphatic heterocycles. The van der Waals surface area contributed by atoms with Gasteiger partial charge >= 0.3 is 0 Å². The number of fused-ring (bicyclic) bond motifs is 5. The third-order valence-electron chi connectivity index (χ3n) is 8.79. The van der Waals surface area contributed by atoms with E-state index < -0.39 is 29.4 Å². The van der Waals surface area contributed by atoms with Gasteiger partial charge in [0.1, 0.15) is 11.3 Å². The molecule has 4 aliphatic rings. The first kappa shape index (κ1) is 27.1. The van der Waals surface area contributed by atoms with Crippen LogP contribution in [0.25, 0.3) is 0 Å². The molecule has 0 spiro atoms. The lowest BCUT2D eigenvalue weighted by molar-refractivity contribution is -0.118. The first-order valence-corrected chi connectivity index (χ1v) is 13.3. The van der Waals surface area contributed by atoms with Gasteiger partial charge in [-0.25, -0.2) is 0 Å². The Bertz CT molecular complexity index is 1070. The van der Waals surface area contributed by atoms with Gasteiger partial charge in [0.25, 0.3) is 5.91 Å². The molecule has 2 heterocycles. The molecule has 0 aromatic carbocycles. The first-order chi connectivity index (χ1) is 17.6. The van der Waals surface area contributed by atoms with Crippen molar-refractivity contribution >= 4 is 17.6 Å². The SMILES string of the molecule is CC(O)C1(O)CC2CC3C=CC=CC(=O)NCCCC4NC(=O)C(=C(O)C=CC=CCC3C2C1C)C4=O. The molecule has 2 bridgehead atoms. The minimum Gasteiger partial charge on any atom is -0.507 e. The van der Waals surface area contributed by atoms with Crippen LogP contribution in [0.3, 0.4) is 0 Å². The van der Waals surface area contributed by atoms with Crippen molar-refractivity contribution < 1.29 is 29.7 Å². The van der Waals surface area contributed by atoms with Crippen molar-refractivity contribution in [2.45, 2.75) is 63.7 Å². The number of hydrogen-bond donors (Lipinski definition) is 5. The van der Waals surface area contributed by atoms with Crippen LogP contribution in [-0.2, 0) is 14.4 Å². The highest BCUT2D eigenvalue weighted by Crippen LogP contribution is 2.59. The van der Waals surface area contributed by atoms with Gasteiger partial charge in [-0.15, -0.1) is 0 Å². The Morgan fingerprint density at radius 3 is 2.62 bits per heavy atom. The van der Waals surface area contributed by atoms with Crippen LogP contribution in [0.4, 0.5) is 0 Å². The summed E-state index contributed by atoms with van der Waals surface area (Å²) in [5.74, 6) is -0.676. The molecule has 200 valence electrons. The van der Waals surface area contributed by atoms with E-state index in [-0.39, 0.29) is 40.9 Å². The Morgan fingerprint density at radius 1 is 1.11 bits per heavy atom. The van der Waals surface area contributed by atoms with Crippen molar-refractivity contribution in [3.63, 3.8) is 0 Å². The fourth-order valence-electron chi connectivity index (χ4n) is 6.86. The molecule has 1 saturated heterocycles. The number of aliphatic hydroxyl groups is 3. The quantitative estimate of drug-likeness (QED) is 0.344. The van der Waals surface area contributed by atoms with E-state index in [4.69, 9.17) is 0 Å². The average molecular weight is 511 g/mol. The molecular formula is C29H38N2O6. The number of aliphatic hydroxyl groups excluding tert-OH is 2. The summed E-state index contributed by atoms with van der Waals surface area (Å²) in [5.41, 5.74) is -1.34. The Labute approximate surface area is 217 Å². The highest BCUT2D eigenvalue weighted by Gasteiger charge is 2.58. The maximum Gasteiger partial charge on any atom is 0.259 e. The Hall–Kier alpha value is -2.97.